The first-order valence-corrected chi connectivity index (χ1v) is 11.2. The lowest BCUT2D eigenvalue weighted by molar-refractivity contribution is -0.118. The predicted octanol–water partition coefficient (Wildman–Crippen LogP) is 5.04. The van der Waals surface area contributed by atoms with Crippen molar-refractivity contribution in [3.63, 3.8) is 0 Å². The molecule has 0 unspecified atom stereocenters. The van der Waals surface area contributed by atoms with Gasteiger partial charge in [-0.15, -0.1) is 10.2 Å². The number of nitrogens with zero attached hydrogens (tertiary/aromatic N) is 4. The van der Waals surface area contributed by atoms with Gasteiger partial charge in [-0.1, -0.05) is 53.2 Å². The Kier molecular flexibility index (Phi) is 6.72. The van der Waals surface area contributed by atoms with E-state index in [2.05, 4.69) is 20.7 Å². The Morgan fingerprint density at radius 2 is 1.84 bits per heavy atom. The number of carbonyl (C=O) groups is 1. The average molecular weight is 466 g/mol. The Balaban J connectivity index is 1.52. The number of benzene rings is 2. The molecule has 32 heavy (non-hydrogen) atoms. The maximum Gasteiger partial charge on any atom is 0.250 e. The van der Waals surface area contributed by atoms with Gasteiger partial charge in [0.2, 0.25) is 0 Å². The second-order valence-corrected chi connectivity index (χ2v) is 8.39. The van der Waals surface area contributed by atoms with Gasteiger partial charge in [0.05, 0.1) is 12.0 Å². The molecule has 0 saturated carbocycles. The second-order valence-electron chi connectivity index (χ2n) is 7.01. The molecular weight excluding hydrogens is 446 g/mol. The Morgan fingerprint density at radius 3 is 2.53 bits per heavy atom. The summed E-state index contributed by atoms with van der Waals surface area (Å²) in [7, 11) is 0. The van der Waals surface area contributed by atoms with E-state index in [4.69, 9.17) is 16.0 Å². The van der Waals surface area contributed by atoms with Gasteiger partial charge < -0.3 is 4.42 Å². The monoisotopic (exact) mass is 465 g/mol. The van der Waals surface area contributed by atoms with Crippen molar-refractivity contribution in [3.05, 3.63) is 82.8 Å². The molecule has 0 aliphatic rings. The van der Waals surface area contributed by atoms with Crippen LogP contribution in [0.4, 0.5) is 0 Å². The first-order chi connectivity index (χ1) is 15.5. The molecule has 4 aromatic rings. The summed E-state index contributed by atoms with van der Waals surface area (Å²) in [5.74, 6) is 1.88. The highest BCUT2D eigenvalue weighted by Crippen LogP contribution is 2.28. The van der Waals surface area contributed by atoms with Crippen molar-refractivity contribution >= 4 is 35.5 Å². The minimum Gasteiger partial charge on any atom is -0.460 e. The van der Waals surface area contributed by atoms with Crippen molar-refractivity contribution in [2.75, 3.05) is 5.75 Å². The van der Waals surface area contributed by atoms with Crippen molar-refractivity contribution in [1.82, 2.24) is 20.2 Å². The summed E-state index contributed by atoms with van der Waals surface area (Å²) < 4.78 is 7.29. The summed E-state index contributed by atoms with van der Waals surface area (Å²) in [5, 5.41) is 13.9. The second kappa shape index (κ2) is 9.84. The third-order valence-electron chi connectivity index (χ3n) is 4.50. The van der Waals surface area contributed by atoms with Crippen LogP contribution < -0.4 is 5.43 Å². The molecular formula is C23H20ClN5O2S. The molecule has 2 heterocycles. The molecule has 7 nitrogen and oxygen atoms in total. The summed E-state index contributed by atoms with van der Waals surface area (Å²) in [6.07, 6.45) is 1.46. The van der Waals surface area contributed by atoms with E-state index < -0.39 is 0 Å². The molecule has 0 aliphatic carbocycles. The van der Waals surface area contributed by atoms with Gasteiger partial charge in [-0.25, -0.2) is 5.43 Å². The molecule has 0 spiro atoms. The SMILES string of the molecule is Cc1ccc(-c2nnc(SCC(=O)N/N=C\c3ccc(C)o3)n2-c2ccc(Cl)cc2)cc1. The number of hydrogen-bond donors (Lipinski definition) is 1. The number of carbonyl (C=O) groups excluding carboxylic acids is 1. The quantitative estimate of drug-likeness (QED) is 0.235. The lowest BCUT2D eigenvalue weighted by atomic mass is 10.1. The van der Waals surface area contributed by atoms with Crippen LogP contribution in [0.5, 0.6) is 0 Å². The van der Waals surface area contributed by atoms with Crippen molar-refractivity contribution < 1.29 is 9.21 Å². The smallest absolute Gasteiger partial charge is 0.250 e. The molecule has 4 rings (SSSR count). The summed E-state index contributed by atoms with van der Waals surface area (Å²) in [5.41, 5.74) is 5.43. The summed E-state index contributed by atoms with van der Waals surface area (Å²) in [6.45, 7) is 3.87. The summed E-state index contributed by atoms with van der Waals surface area (Å²) >= 11 is 7.34. The number of halogens is 1. The molecule has 0 fully saturated rings. The van der Waals surface area contributed by atoms with E-state index >= 15 is 0 Å². The Hall–Kier alpha value is -3.36. The Morgan fingerprint density at radius 1 is 1.09 bits per heavy atom. The first-order valence-electron chi connectivity index (χ1n) is 9.79. The van der Waals surface area contributed by atoms with Crippen LogP contribution in [0.15, 0.2) is 75.3 Å². The lowest BCUT2D eigenvalue weighted by Crippen LogP contribution is -2.19. The number of hydrazone groups is 1. The first kappa shape index (κ1) is 21.9. The molecule has 0 aliphatic heterocycles. The van der Waals surface area contributed by atoms with E-state index in [-0.39, 0.29) is 11.7 Å². The lowest BCUT2D eigenvalue weighted by Gasteiger charge is -2.10. The molecule has 1 amide bonds. The number of hydrogen-bond acceptors (Lipinski definition) is 6. The molecule has 0 radical (unpaired) electrons. The van der Waals surface area contributed by atoms with Crippen LogP contribution in [0.1, 0.15) is 17.1 Å². The zero-order valence-electron chi connectivity index (χ0n) is 17.4. The number of aryl methyl sites for hydroxylation is 2. The van der Waals surface area contributed by atoms with Crippen LogP contribution in [0.25, 0.3) is 17.1 Å². The van der Waals surface area contributed by atoms with Crippen LogP contribution in [-0.4, -0.2) is 32.6 Å². The van der Waals surface area contributed by atoms with Gasteiger partial charge in [-0.3, -0.25) is 9.36 Å². The van der Waals surface area contributed by atoms with Crippen LogP contribution in [0, 0.1) is 13.8 Å². The van der Waals surface area contributed by atoms with Crippen LogP contribution in [-0.2, 0) is 4.79 Å². The molecule has 1 N–H and O–H groups in total. The fourth-order valence-corrected chi connectivity index (χ4v) is 3.80. The van der Waals surface area contributed by atoms with Gasteiger partial charge in [0.1, 0.15) is 11.5 Å². The molecule has 0 atom stereocenters. The molecule has 9 heteroatoms. The minimum absolute atomic E-state index is 0.119. The number of rotatable bonds is 7. The third kappa shape index (κ3) is 5.27. The van der Waals surface area contributed by atoms with E-state index in [0.717, 1.165) is 22.6 Å². The maximum absolute atomic E-state index is 12.3. The highest BCUT2D eigenvalue weighted by molar-refractivity contribution is 7.99. The van der Waals surface area contributed by atoms with Gasteiger partial charge in [0, 0.05) is 16.3 Å². The summed E-state index contributed by atoms with van der Waals surface area (Å²) in [6, 6.07) is 19.0. The zero-order valence-corrected chi connectivity index (χ0v) is 19.0. The van der Waals surface area contributed by atoms with Crippen LogP contribution in [0.3, 0.4) is 0 Å². The number of thioether (sulfide) groups is 1. The number of furan rings is 1. The predicted molar refractivity (Wildman–Crippen MR) is 126 cm³/mol. The van der Waals surface area contributed by atoms with Gasteiger partial charge in [-0.2, -0.15) is 5.10 Å². The van der Waals surface area contributed by atoms with Gasteiger partial charge in [0.15, 0.2) is 11.0 Å². The highest BCUT2D eigenvalue weighted by atomic mass is 35.5. The number of amides is 1. The standard InChI is InChI=1S/C23H20ClN5O2S/c1-15-3-6-17(7-4-15)22-27-28-23(29(22)19-10-8-18(24)9-11-19)32-14-21(30)26-25-13-20-12-5-16(2)31-20/h3-13H,14H2,1-2H3,(H,26,30)/b25-13-. The molecule has 2 aromatic carbocycles. The third-order valence-corrected chi connectivity index (χ3v) is 5.68. The number of aromatic nitrogens is 3. The van der Waals surface area contributed by atoms with Crippen molar-refractivity contribution in [1.29, 1.82) is 0 Å². The maximum atomic E-state index is 12.3. The fourth-order valence-electron chi connectivity index (χ4n) is 2.93. The topological polar surface area (TPSA) is 85.3 Å². The summed E-state index contributed by atoms with van der Waals surface area (Å²) in [4.78, 5) is 12.3. The van der Waals surface area contributed by atoms with E-state index in [1.165, 1.54) is 18.0 Å². The highest BCUT2D eigenvalue weighted by Gasteiger charge is 2.17. The fraction of sp³-hybridized carbons (Fsp3) is 0.130. The van der Waals surface area contributed by atoms with E-state index in [1.807, 2.05) is 73.0 Å². The Bertz CT molecular complexity index is 1250. The van der Waals surface area contributed by atoms with Gasteiger partial charge in [-0.05, 0) is 50.2 Å². The largest absolute Gasteiger partial charge is 0.460 e. The molecule has 0 saturated heterocycles. The van der Waals surface area contributed by atoms with Crippen molar-refractivity contribution in [2.24, 2.45) is 5.10 Å². The van der Waals surface area contributed by atoms with Crippen LogP contribution in [0.2, 0.25) is 5.02 Å². The molecule has 2 aromatic heterocycles. The van der Waals surface area contributed by atoms with Crippen molar-refractivity contribution in [2.45, 2.75) is 19.0 Å². The Labute approximate surface area is 194 Å². The van der Waals surface area contributed by atoms with E-state index in [0.29, 0.717) is 21.8 Å². The van der Waals surface area contributed by atoms with Crippen LogP contribution >= 0.6 is 23.4 Å². The average Bonchev–Trinajstić information content (AvgIpc) is 3.39. The zero-order chi connectivity index (χ0) is 22.5. The normalized spacial score (nSPS) is 11.2. The van der Waals surface area contributed by atoms with E-state index in [9.17, 15) is 4.79 Å². The van der Waals surface area contributed by atoms with Gasteiger partial charge >= 0.3 is 0 Å². The van der Waals surface area contributed by atoms with Gasteiger partial charge in [0.25, 0.3) is 5.91 Å². The van der Waals surface area contributed by atoms with Crippen molar-refractivity contribution in [3.8, 4) is 17.1 Å². The molecule has 0 bridgehead atoms. The molecule has 162 valence electrons. The minimum atomic E-state index is -0.267. The van der Waals surface area contributed by atoms with E-state index in [1.54, 1.807) is 6.07 Å². The number of nitrogens with one attached hydrogen (secondary N) is 1.